The Hall–Kier alpha value is -0.790. The van der Waals surface area contributed by atoms with Crippen LogP contribution in [0.15, 0.2) is 11.6 Å². The highest BCUT2D eigenvalue weighted by Crippen LogP contribution is 2.67. The first kappa shape index (κ1) is 18.6. The predicted molar refractivity (Wildman–Crippen MR) is 106 cm³/mol. The molecule has 4 aliphatic rings. The lowest BCUT2D eigenvalue weighted by atomic mass is 9.45. The summed E-state index contributed by atoms with van der Waals surface area (Å²) in [6.07, 6.45) is 15.8. The van der Waals surface area contributed by atoms with Gasteiger partial charge in [0.05, 0.1) is 0 Å². The molecule has 0 aromatic heterocycles. The van der Waals surface area contributed by atoms with Gasteiger partial charge in [-0.15, -0.1) is 0 Å². The number of allylic oxidation sites excluding steroid dienone is 2. The molecule has 146 valence electrons. The molecule has 2 heteroatoms. The highest BCUT2D eigenvalue weighted by molar-refractivity contribution is 5.66. The van der Waals surface area contributed by atoms with E-state index in [4.69, 9.17) is 4.74 Å². The molecule has 2 nitrogen and oxygen atoms in total. The van der Waals surface area contributed by atoms with Gasteiger partial charge in [-0.3, -0.25) is 4.79 Å². The van der Waals surface area contributed by atoms with Gasteiger partial charge in [0.1, 0.15) is 6.10 Å². The highest BCUT2D eigenvalue weighted by Gasteiger charge is 2.59. The highest BCUT2D eigenvalue weighted by atomic mass is 16.5. The quantitative estimate of drug-likeness (QED) is 0.428. The molecule has 0 aromatic rings. The Kier molecular flexibility index (Phi) is 4.77. The Morgan fingerprint density at radius 3 is 2.65 bits per heavy atom. The number of rotatable bonds is 2. The Labute approximate surface area is 160 Å². The third kappa shape index (κ3) is 2.78. The van der Waals surface area contributed by atoms with Gasteiger partial charge in [0.25, 0.3) is 0 Å². The van der Waals surface area contributed by atoms with Gasteiger partial charge in [-0.25, -0.2) is 0 Å². The van der Waals surface area contributed by atoms with Gasteiger partial charge in [-0.05, 0) is 98.7 Å². The second-order valence-corrected chi connectivity index (χ2v) is 10.3. The number of carbonyl (C=O) groups excluding carboxylic acids is 1. The molecule has 4 fully saturated rings. The molecule has 7 atom stereocenters. The Morgan fingerprint density at radius 2 is 1.92 bits per heavy atom. The fourth-order valence-corrected chi connectivity index (χ4v) is 7.99. The Balaban J connectivity index is 1.54. The zero-order valence-electron chi connectivity index (χ0n) is 17.4. The van der Waals surface area contributed by atoms with Crippen LogP contribution in [0.5, 0.6) is 0 Å². The number of hydrogen-bond acceptors (Lipinski definition) is 2. The number of fused-ring (bicyclic) bond motifs is 5. The molecule has 0 N–H and O–H groups in total. The largest absolute Gasteiger partial charge is 0.463 e. The van der Waals surface area contributed by atoms with Crippen molar-refractivity contribution in [2.45, 2.75) is 98.0 Å². The molecule has 7 unspecified atom stereocenters. The lowest BCUT2D eigenvalue weighted by Crippen LogP contribution is -2.53. The van der Waals surface area contributed by atoms with Crippen LogP contribution < -0.4 is 0 Å². The van der Waals surface area contributed by atoms with E-state index in [0.29, 0.717) is 10.8 Å². The van der Waals surface area contributed by atoms with E-state index in [1.165, 1.54) is 51.4 Å². The zero-order valence-corrected chi connectivity index (χ0v) is 17.4. The molecular weight excluding hydrogens is 320 g/mol. The topological polar surface area (TPSA) is 26.3 Å². The van der Waals surface area contributed by atoms with E-state index in [0.717, 1.165) is 36.5 Å². The molecule has 4 rings (SSSR count). The summed E-state index contributed by atoms with van der Waals surface area (Å²) in [6.45, 7) is 9.05. The van der Waals surface area contributed by atoms with Gasteiger partial charge in [0, 0.05) is 6.92 Å². The maximum absolute atomic E-state index is 11.4. The van der Waals surface area contributed by atoms with Crippen molar-refractivity contribution in [3.05, 3.63) is 11.6 Å². The summed E-state index contributed by atoms with van der Waals surface area (Å²) in [5, 5.41) is 0. The van der Waals surface area contributed by atoms with Crippen LogP contribution in [0, 0.1) is 34.5 Å². The molecule has 4 saturated carbocycles. The molecular formula is C24H38O2. The molecule has 0 amide bonds. The standard InChI is InChI=1S/C24H38O2/c1-5-6-17-8-10-21-20-9-7-18-15-19(26-16(2)25)11-13-24(18,4)22(20)12-14-23(17,21)3/h6,18-22H,5,7-15H2,1-4H3. The normalized spacial score (nSPS) is 49.2. The summed E-state index contributed by atoms with van der Waals surface area (Å²) >= 11 is 0. The van der Waals surface area contributed by atoms with Crippen LogP contribution in [0.2, 0.25) is 0 Å². The van der Waals surface area contributed by atoms with Crippen molar-refractivity contribution in [1.29, 1.82) is 0 Å². The first-order valence-electron chi connectivity index (χ1n) is 11.2. The molecule has 0 saturated heterocycles. The number of carbonyl (C=O) groups is 1. The molecule has 4 aliphatic carbocycles. The third-order valence-electron chi connectivity index (χ3n) is 9.25. The SMILES string of the molecule is CCC=C1CCC2C3CCC4CC(OC(C)=O)CCC4(C)C3CCC12C. The monoisotopic (exact) mass is 358 g/mol. The van der Waals surface area contributed by atoms with Crippen LogP contribution in [0.25, 0.3) is 0 Å². The molecule has 0 aromatic carbocycles. The molecule has 0 aliphatic heterocycles. The zero-order chi connectivity index (χ0) is 18.5. The van der Waals surface area contributed by atoms with Crippen LogP contribution in [-0.4, -0.2) is 12.1 Å². The van der Waals surface area contributed by atoms with Crippen LogP contribution in [-0.2, 0) is 9.53 Å². The van der Waals surface area contributed by atoms with E-state index < -0.39 is 0 Å². The summed E-state index contributed by atoms with van der Waals surface area (Å²) < 4.78 is 5.60. The third-order valence-corrected chi connectivity index (χ3v) is 9.25. The fourth-order valence-electron chi connectivity index (χ4n) is 7.99. The molecule has 0 bridgehead atoms. The van der Waals surface area contributed by atoms with E-state index in [2.05, 4.69) is 26.8 Å². The van der Waals surface area contributed by atoms with Gasteiger partial charge < -0.3 is 4.74 Å². The van der Waals surface area contributed by atoms with Crippen molar-refractivity contribution >= 4 is 5.97 Å². The lowest BCUT2D eigenvalue weighted by molar-refractivity contribution is -0.158. The molecule has 0 spiro atoms. The maximum Gasteiger partial charge on any atom is 0.302 e. The summed E-state index contributed by atoms with van der Waals surface area (Å²) in [7, 11) is 0. The average molecular weight is 359 g/mol. The Morgan fingerprint density at radius 1 is 1.12 bits per heavy atom. The first-order chi connectivity index (χ1) is 12.4. The first-order valence-corrected chi connectivity index (χ1v) is 11.2. The summed E-state index contributed by atoms with van der Waals surface area (Å²) in [6, 6.07) is 0. The maximum atomic E-state index is 11.4. The van der Waals surface area contributed by atoms with Gasteiger partial charge in [0.2, 0.25) is 0 Å². The van der Waals surface area contributed by atoms with Crippen molar-refractivity contribution in [3.8, 4) is 0 Å². The molecule has 26 heavy (non-hydrogen) atoms. The number of esters is 1. The van der Waals surface area contributed by atoms with E-state index in [-0.39, 0.29) is 12.1 Å². The second kappa shape index (κ2) is 6.67. The molecule has 0 radical (unpaired) electrons. The van der Waals surface area contributed by atoms with Crippen molar-refractivity contribution in [3.63, 3.8) is 0 Å². The minimum Gasteiger partial charge on any atom is -0.463 e. The van der Waals surface area contributed by atoms with Gasteiger partial charge in [-0.2, -0.15) is 0 Å². The van der Waals surface area contributed by atoms with E-state index >= 15 is 0 Å². The lowest BCUT2D eigenvalue weighted by Gasteiger charge is -2.60. The van der Waals surface area contributed by atoms with E-state index in [1.54, 1.807) is 12.5 Å². The van der Waals surface area contributed by atoms with Gasteiger partial charge in [-0.1, -0.05) is 32.4 Å². The van der Waals surface area contributed by atoms with Crippen molar-refractivity contribution in [2.75, 3.05) is 0 Å². The van der Waals surface area contributed by atoms with Crippen LogP contribution in [0.3, 0.4) is 0 Å². The van der Waals surface area contributed by atoms with Crippen molar-refractivity contribution in [1.82, 2.24) is 0 Å². The van der Waals surface area contributed by atoms with Crippen LogP contribution >= 0.6 is 0 Å². The van der Waals surface area contributed by atoms with Gasteiger partial charge in [0.15, 0.2) is 0 Å². The predicted octanol–water partition coefficient (Wildman–Crippen LogP) is 6.30. The minimum atomic E-state index is -0.0954. The Bertz CT molecular complexity index is 593. The molecule has 0 heterocycles. The summed E-state index contributed by atoms with van der Waals surface area (Å²) in [5.41, 5.74) is 2.77. The van der Waals surface area contributed by atoms with E-state index in [1.807, 2.05) is 0 Å². The smallest absolute Gasteiger partial charge is 0.302 e. The average Bonchev–Trinajstić information content (AvgIpc) is 2.92. The summed E-state index contributed by atoms with van der Waals surface area (Å²) in [4.78, 5) is 11.4. The van der Waals surface area contributed by atoms with E-state index in [9.17, 15) is 4.79 Å². The van der Waals surface area contributed by atoms with Gasteiger partial charge >= 0.3 is 5.97 Å². The van der Waals surface area contributed by atoms with Crippen LogP contribution in [0.1, 0.15) is 91.9 Å². The number of hydrogen-bond donors (Lipinski definition) is 0. The second-order valence-electron chi connectivity index (χ2n) is 10.3. The summed E-state index contributed by atoms with van der Waals surface area (Å²) in [5.74, 6) is 3.42. The number of ether oxygens (including phenoxy) is 1. The minimum absolute atomic E-state index is 0.0954. The van der Waals surface area contributed by atoms with Crippen molar-refractivity contribution in [2.24, 2.45) is 34.5 Å². The van der Waals surface area contributed by atoms with Crippen LogP contribution in [0.4, 0.5) is 0 Å². The fraction of sp³-hybridized carbons (Fsp3) is 0.875. The van der Waals surface area contributed by atoms with Crippen molar-refractivity contribution < 1.29 is 9.53 Å².